The second kappa shape index (κ2) is 13.5. The maximum atomic E-state index is 13.3. The van der Waals surface area contributed by atoms with Gasteiger partial charge in [0.25, 0.3) is 0 Å². The zero-order valence-electron chi connectivity index (χ0n) is 18.5. The van der Waals surface area contributed by atoms with E-state index >= 15 is 0 Å². The lowest BCUT2D eigenvalue weighted by atomic mass is 10.1. The summed E-state index contributed by atoms with van der Waals surface area (Å²) in [6.45, 7) is 10.6. The Kier molecular flexibility index (Phi) is 12.7. The molecule has 0 aliphatic rings. The zero-order valence-corrected chi connectivity index (χ0v) is 19.4. The third kappa shape index (κ3) is 11.8. The van der Waals surface area contributed by atoms with E-state index in [4.69, 9.17) is 13.8 Å². The van der Waals surface area contributed by atoms with Crippen molar-refractivity contribution < 1.29 is 32.7 Å². The third-order valence-electron chi connectivity index (χ3n) is 3.64. The minimum Gasteiger partial charge on any atom is -0.464 e. The topological polar surface area (TPSA) is 111 Å². The van der Waals surface area contributed by atoms with Crippen LogP contribution in [0.2, 0.25) is 0 Å². The lowest BCUT2D eigenvalue weighted by Crippen LogP contribution is -2.36. The van der Waals surface area contributed by atoms with Gasteiger partial charge in [0, 0.05) is 20.5 Å². The molecule has 1 N–H and O–H groups in total. The lowest BCUT2D eigenvalue weighted by molar-refractivity contribution is -0.145. The van der Waals surface area contributed by atoms with Crippen molar-refractivity contribution in [2.45, 2.75) is 66.2 Å². The maximum Gasteiger partial charge on any atom is 0.335 e. The van der Waals surface area contributed by atoms with Gasteiger partial charge < -0.3 is 24.0 Å². The molecule has 0 spiro atoms. The minimum atomic E-state index is -3.53. The lowest BCUT2D eigenvalue weighted by Gasteiger charge is -2.25. The van der Waals surface area contributed by atoms with Gasteiger partial charge in [-0.25, -0.2) is 4.79 Å². The van der Waals surface area contributed by atoms with Crippen LogP contribution >= 0.6 is 7.60 Å². The Labute approximate surface area is 173 Å². The van der Waals surface area contributed by atoms with Crippen LogP contribution in [0.1, 0.15) is 48.0 Å². The molecule has 168 valence electrons. The number of amides is 2. The first kappa shape index (κ1) is 27.3. The number of nitrogens with one attached hydrogen (secondary N) is 1. The van der Waals surface area contributed by atoms with Gasteiger partial charge in [0.1, 0.15) is 6.04 Å². The first-order valence-electron chi connectivity index (χ1n) is 9.67. The summed E-state index contributed by atoms with van der Waals surface area (Å²) >= 11 is 0. The van der Waals surface area contributed by atoms with Gasteiger partial charge in [-0.15, -0.1) is 0 Å². The van der Waals surface area contributed by atoms with Crippen LogP contribution in [0, 0.1) is 0 Å². The van der Waals surface area contributed by atoms with E-state index in [-0.39, 0.29) is 30.9 Å². The summed E-state index contributed by atoms with van der Waals surface area (Å²) in [7, 11) is -1.89. The molecule has 0 fully saturated rings. The van der Waals surface area contributed by atoms with Gasteiger partial charge >= 0.3 is 13.6 Å². The predicted octanol–water partition coefficient (Wildman–Crippen LogP) is 2.50. The number of nitrogens with zero attached hydrogens (tertiary/aromatic N) is 1. The molecule has 2 amide bonds. The quantitative estimate of drug-likeness (QED) is 0.193. The summed E-state index contributed by atoms with van der Waals surface area (Å²) in [6.07, 6.45) is 1.45. The average molecular weight is 434 g/mol. The molecule has 0 rings (SSSR count). The van der Waals surface area contributed by atoms with E-state index in [9.17, 15) is 18.9 Å². The molecule has 0 bridgehead atoms. The predicted molar refractivity (Wildman–Crippen MR) is 111 cm³/mol. The van der Waals surface area contributed by atoms with E-state index in [0.717, 1.165) is 0 Å². The Morgan fingerprint density at radius 1 is 1.14 bits per heavy atom. The van der Waals surface area contributed by atoms with Crippen LogP contribution in [-0.2, 0) is 32.7 Å². The average Bonchev–Trinajstić information content (AvgIpc) is 2.57. The number of hydrogen-bond acceptors (Lipinski definition) is 7. The highest BCUT2D eigenvalue weighted by Crippen LogP contribution is 2.52. The first-order chi connectivity index (χ1) is 13.4. The summed E-state index contributed by atoms with van der Waals surface area (Å²) in [4.78, 5) is 36.1. The Morgan fingerprint density at radius 3 is 2.10 bits per heavy atom. The SMILES string of the molecule is CCOC(=O)C(C=C(CCN(C)C(C)=O)CP(=O)(OC(C)C)OC(C)C)NC=O. The summed E-state index contributed by atoms with van der Waals surface area (Å²) in [5.74, 6) is -0.765. The molecule has 9 nitrogen and oxygen atoms in total. The van der Waals surface area contributed by atoms with Crippen LogP contribution in [0.3, 0.4) is 0 Å². The molecule has 0 aliphatic carbocycles. The number of esters is 1. The van der Waals surface area contributed by atoms with Crippen LogP contribution in [-0.4, -0.2) is 67.8 Å². The molecule has 0 aliphatic heterocycles. The van der Waals surface area contributed by atoms with Gasteiger partial charge in [-0.1, -0.05) is 11.6 Å². The molecule has 1 unspecified atom stereocenters. The Hall–Kier alpha value is -1.70. The van der Waals surface area contributed by atoms with E-state index in [2.05, 4.69) is 5.32 Å². The van der Waals surface area contributed by atoms with E-state index in [1.165, 1.54) is 17.9 Å². The second-order valence-corrected chi connectivity index (χ2v) is 9.07. The van der Waals surface area contributed by atoms with Crippen LogP contribution in [0.25, 0.3) is 0 Å². The third-order valence-corrected chi connectivity index (χ3v) is 5.92. The molecular formula is C19H35N2O7P. The van der Waals surface area contributed by atoms with Crippen molar-refractivity contribution in [1.82, 2.24) is 10.2 Å². The van der Waals surface area contributed by atoms with Crippen molar-refractivity contribution in [3.63, 3.8) is 0 Å². The number of rotatable bonds is 14. The van der Waals surface area contributed by atoms with Crippen LogP contribution in [0.15, 0.2) is 11.6 Å². The molecule has 0 saturated heterocycles. The first-order valence-corrected chi connectivity index (χ1v) is 11.4. The fraction of sp³-hybridized carbons (Fsp3) is 0.737. The van der Waals surface area contributed by atoms with Crippen LogP contribution < -0.4 is 5.32 Å². The van der Waals surface area contributed by atoms with Gasteiger partial charge in [-0.05, 0) is 41.0 Å². The Balaban J connectivity index is 5.84. The van der Waals surface area contributed by atoms with E-state index in [1.807, 2.05) is 0 Å². The minimum absolute atomic E-state index is 0.0778. The highest BCUT2D eigenvalue weighted by molar-refractivity contribution is 7.54. The molecular weight excluding hydrogens is 399 g/mol. The van der Waals surface area contributed by atoms with E-state index < -0.39 is 19.6 Å². The van der Waals surface area contributed by atoms with Crippen LogP contribution in [0.5, 0.6) is 0 Å². The van der Waals surface area contributed by atoms with Crippen molar-refractivity contribution in [2.75, 3.05) is 26.4 Å². The van der Waals surface area contributed by atoms with Crippen LogP contribution in [0.4, 0.5) is 0 Å². The Bertz CT molecular complexity index is 606. The standard InChI is InChI=1S/C19H35N2O7P/c1-8-26-19(24)18(20-13-22)11-17(9-10-21(7)16(6)23)12-29(25,27-14(2)3)28-15(4)5/h11,13-15,18H,8-10,12H2,1-7H3,(H,20,22). The fourth-order valence-electron chi connectivity index (χ4n) is 2.40. The van der Waals surface area contributed by atoms with Gasteiger partial charge in [0.2, 0.25) is 12.3 Å². The normalized spacial score (nSPS) is 13.3. The molecule has 10 heteroatoms. The number of ether oxygens (including phenoxy) is 1. The van der Waals surface area contributed by atoms with Gasteiger partial charge in [0.05, 0.1) is 25.0 Å². The maximum absolute atomic E-state index is 13.3. The Morgan fingerprint density at radius 2 is 1.69 bits per heavy atom. The molecule has 29 heavy (non-hydrogen) atoms. The summed E-state index contributed by atoms with van der Waals surface area (Å²) in [5.41, 5.74) is 0.551. The smallest absolute Gasteiger partial charge is 0.335 e. The zero-order chi connectivity index (χ0) is 22.6. The molecule has 0 radical (unpaired) electrons. The van der Waals surface area contributed by atoms with Gasteiger partial charge in [-0.2, -0.15) is 0 Å². The summed E-state index contributed by atoms with van der Waals surface area (Å²) in [5, 5.41) is 2.39. The van der Waals surface area contributed by atoms with Crippen molar-refractivity contribution >= 4 is 25.9 Å². The summed E-state index contributed by atoms with van der Waals surface area (Å²) < 4.78 is 29.4. The largest absolute Gasteiger partial charge is 0.464 e. The molecule has 0 aromatic rings. The molecule has 0 heterocycles. The van der Waals surface area contributed by atoms with E-state index in [0.29, 0.717) is 24.9 Å². The number of hydrogen-bond donors (Lipinski definition) is 1. The molecule has 0 aromatic heterocycles. The second-order valence-electron chi connectivity index (χ2n) is 7.11. The number of carbonyl (C=O) groups excluding carboxylic acids is 3. The summed E-state index contributed by atoms with van der Waals surface area (Å²) in [6, 6.07) is -1.04. The monoisotopic (exact) mass is 434 g/mol. The van der Waals surface area contributed by atoms with Crippen molar-refractivity contribution in [3.05, 3.63) is 11.6 Å². The van der Waals surface area contributed by atoms with Crippen molar-refractivity contribution in [2.24, 2.45) is 0 Å². The molecule has 0 saturated carbocycles. The number of carbonyl (C=O) groups is 3. The fourth-order valence-corrected chi connectivity index (χ4v) is 4.64. The van der Waals surface area contributed by atoms with Gasteiger partial charge in [-0.3, -0.25) is 14.2 Å². The highest BCUT2D eigenvalue weighted by Gasteiger charge is 2.30. The highest BCUT2D eigenvalue weighted by atomic mass is 31.2. The van der Waals surface area contributed by atoms with Gasteiger partial charge in [0.15, 0.2) is 0 Å². The molecule has 0 aromatic carbocycles. The van der Waals surface area contributed by atoms with Crippen molar-refractivity contribution in [3.8, 4) is 0 Å². The molecule has 1 atom stereocenters. The van der Waals surface area contributed by atoms with E-state index in [1.54, 1.807) is 41.7 Å². The van der Waals surface area contributed by atoms with Crippen molar-refractivity contribution in [1.29, 1.82) is 0 Å².